The van der Waals surface area contributed by atoms with Crippen LogP contribution in [0.4, 0.5) is 0 Å². The smallest absolute Gasteiger partial charge is 0.548 e. The number of aliphatic hydroxyl groups is 3. The summed E-state index contributed by atoms with van der Waals surface area (Å²) < 4.78 is 0. The summed E-state index contributed by atoms with van der Waals surface area (Å²) in [6, 6.07) is 0. The number of rotatable bonds is 6. The molecule has 0 bridgehead atoms. The number of nitrogens with one attached hydrogen (secondary N) is 1. The number of carboxylic acids is 1. The van der Waals surface area contributed by atoms with Gasteiger partial charge >= 0.3 is 29.6 Å². The number of hydrogen-bond acceptors (Lipinski definition) is 6. The minimum atomic E-state index is -1.29. The Bertz CT molecular complexity index is 766. The minimum absolute atomic E-state index is 0. The van der Waals surface area contributed by atoms with E-state index in [0.717, 1.165) is 38.5 Å². The van der Waals surface area contributed by atoms with Crippen molar-refractivity contribution < 1.29 is 59.6 Å². The van der Waals surface area contributed by atoms with E-state index in [1.165, 1.54) is 0 Å². The zero-order valence-corrected chi connectivity index (χ0v) is 23.3. The maximum absolute atomic E-state index is 12.0. The van der Waals surface area contributed by atoms with Crippen molar-refractivity contribution in [2.45, 2.75) is 96.9 Å². The van der Waals surface area contributed by atoms with Crippen LogP contribution < -0.4 is 40.0 Å². The predicted molar refractivity (Wildman–Crippen MR) is 120 cm³/mol. The van der Waals surface area contributed by atoms with Crippen molar-refractivity contribution in [1.82, 2.24) is 5.32 Å². The molecule has 0 radical (unpaired) electrons. The van der Waals surface area contributed by atoms with Gasteiger partial charge in [0.15, 0.2) is 0 Å². The molecule has 4 N–H and O–H groups in total. The second kappa shape index (κ2) is 10.7. The second-order valence-corrected chi connectivity index (χ2v) is 12.2. The van der Waals surface area contributed by atoms with Crippen LogP contribution >= 0.6 is 0 Å². The fourth-order valence-corrected chi connectivity index (χ4v) is 8.95. The maximum atomic E-state index is 12.0. The van der Waals surface area contributed by atoms with Gasteiger partial charge in [0.25, 0.3) is 0 Å². The van der Waals surface area contributed by atoms with Gasteiger partial charge in [0.05, 0.1) is 30.8 Å². The molecule has 0 aromatic rings. The molecule has 4 aliphatic rings. The van der Waals surface area contributed by atoms with Crippen molar-refractivity contribution in [1.29, 1.82) is 0 Å². The van der Waals surface area contributed by atoms with Gasteiger partial charge in [0.1, 0.15) is 0 Å². The average molecular weight is 488 g/mol. The molecule has 1 amide bonds. The summed E-state index contributed by atoms with van der Waals surface area (Å²) in [6.45, 7) is 6.21. The summed E-state index contributed by atoms with van der Waals surface area (Å²) in [7, 11) is 0. The Balaban J connectivity index is 0.00000324. The van der Waals surface area contributed by atoms with Crippen LogP contribution in [0.15, 0.2) is 0 Å². The summed E-state index contributed by atoms with van der Waals surface area (Å²) in [5.74, 6) is -0.0789. The van der Waals surface area contributed by atoms with E-state index < -0.39 is 18.6 Å². The van der Waals surface area contributed by atoms with E-state index in [9.17, 15) is 30.0 Å². The van der Waals surface area contributed by atoms with Crippen LogP contribution in [0, 0.1) is 46.3 Å². The molecule has 0 aromatic carbocycles. The topological polar surface area (TPSA) is 130 Å². The van der Waals surface area contributed by atoms with Crippen molar-refractivity contribution in [3.05, 3.63) is 0 Å². The van der Waals surface area contributed by atoms with E-state index in [4.69, 9.17) is 0 Å². The Morgan fingerprint density at radius 1 is 1.06 bits per heavy atom. The van der Waals surface area contributed by atoms with Crippen molar-refractivity contribution in [2.24, 2.45) is 46.3 Å². The monoisotopic (exact) mass is 487 g/mol. The summed E-state index contributed by atoms with van der Waals surface area (Å²) in [5.41, 5.74) is -0.230. The molecule has 8 heteroatoms. The number of carboxylic acid groups (broad SMARTS) is 1. The van der Waals surface area contributed by atoms with Gasteiger partial charge < -0.3 is 30.5 Å². The third-order valence-corrected chi connectivity index (χ3v) is 10.8. The largest absolute Gasteiger partial charge is 1.00 e. The van der Waals surface area contributed by atoms with E-state index in [-0.39, 0.29) is 94.5 Å². The van der Waals surface area contributed by atoms with Crippen molar-refractivity contribution in [3.8, 4) is 0 Å². The van der Waals surface area contributed by atoms with Crippen molar-refractivity contribution in [2.75, 3.05) is 6.54 Å². The third-order valence-electron chi connectivity index (χ3n) is 10.8. The van der Waals surface area contributed by atoms with E-state index in [2.05, 4.69) is 26.1 Å². The van der Waals surface area contributed by atoms with Gasteiger partial charge in [0, 0.05) is 6.42 Å². The summed E-state index contributed by atoms with van der Waals surface area (Å²) in [5, 5.41) is 46.1. The molecular formula is C26H42NNaO6. The number of fused-ring (bicyclic) bond motifs is 5. The predicted octanol–water partition coefficient (Wildman–Crippen LogP) is -1.77. The molecule has 7 nitrogen and oxygen atoms in total. The first kappa shape index (κ1) is 28.4. The molecule has 0 saturated heterocycles. The van der Waals surface area contributed by atoms with Crippen LogP contribution in [0.5, 0.6) is 0 Å². The number of carbonyl (C=O) groups is 2. The van der Waals surface area contributed by atoms with Crippen LogP contribution in [-0.4, -0.2) is 52.1 Å². The van der Waals surface area contributed by atoms with Crippen LogP contribution in [-0.2, 0) is 9.59 Å². The first-order chi connectivity index (χ1) is 15.5. The molecule has 34 heavy (non-hydrogen) atoms. The molecule has 1 unspecified atom stereocenters. The number of aliphatic hydroxyl groups excluding tert-OH is 3. The average Bonchev–Trinajstić information content (AvgIpc) is 3.11. The molecule has 11 atom stereocenters. The zero-order chi connectivity index (χ0) is 24.1. The standard InChI is InChI=1S/C26H43NO6.Na/c1-14(4-7-22(31)27-13-23(32)33)17-5-6-18-24-19(12-21(30)26(17,18)3)25(2)9-8-16(28)10-15(25)11-20(24)29;/h14-21,24,28-30H,4-13H2,1-3H3,(H,27,31)(H,32,33);/q;+1/p-1/t14-,15+,16-,17-,18+,19+,20-,21+,24?,25+,26-;/m1./s1. The van der Waals surface area contributed by atoms with Crippen molar-refractivity contribution >= 4 is 11.9 Å². The van der Waals surface area contributed by atoms with Gasteiger partial charge in [0.2, 0.25) is 5.91 Å². The quantitative estimate of drug-likeness (QED) is 0.328. The molecule has 0 aliphatic heterocycles. The fraction of sp³-hybridized carbons (Fsp3) is 0.923. The van der Waals surface area contributed by atoms with E-state index >= 15 is 0 Å². The third kappa shape index (κ3) is 4.87. The Morgan fingerprint density at radius 3 is 2.44 bits per heavy atom. The Morgan fingerprint density at radius 2 is 1.76 bits per heavy atom. The maximum Gasteiger partial charge on any atom is 1.00 e. The van der Waals surface area contributed by atoms with Gasteiger partial charge in [-0.1, -0.05) is 20.8 Å². The van der Waals surface area contributed by atoms with Crippen molar-refractivity contribution in [3.63, 3.8) is 0 Å². The molecule has 0 spiro atoms. The first-order valence-corrected chi connectivity index (χ1v) is 13.0. The van der Waals surface area contributed by atoms with Gasteiger partial charge in [-0.15, -0.1) is 0 Å². The molecule has 0 heterocycles. The van der Waals surface area contributed by atoms with Gasteiger partial charge in [-0.25, -0.2) is 0 Å². The Hall–Kier alpha value is -0.180. The van der Waals surface area contributed by atoms with Gasteiger partial charge in [-0.05, 0) is 97.7 Å². The number of amides is 1. The van der Waals surface area contributed by atoms with Gasteiger partial charge in [-0.3, -0.25) is 4.79 Å². The van der Waals surface area contributed by atoms with Gasteiger partial charge in [-0.2, -0.15) is 0 Å². The van der Waals surface area contributed by atoms with E-state index in [1.54, 1.807) is 0 Å². The van der Waals surface area contributed by atoms with E-state index in [1.807, 2.05) is 0 Å². The number of carbonyl (C=O) groups excluding carboxylic acids is 2. The van der Waals surface area contributed by atoms with Crippen LogP contribution in [0.1, 0.15) is 78.6 Å². The number of hydrogen-bond donors (Lipinski definition) is 4. The Labute approximate surface area is 225 Å². The van der Waals surface area contributed by atoms with Crippen LogP contribution in [0.3, 0.4) is 0 Å². The molecule has 188 valence electrons. The first-order valence-electron chi connectivity index (χ1n) is 13.0. The van der Waals surface area contributed by atoms with Crippen LogP contribution in [0.2, 0.25) is 0 Å². The number of aliphatic carboxylic acids is 1. The summed E-state index contributed by atoms with van der Waals surface area (Å²) >= 11 is 0. The Kier molecular flexibility index (Phi) is 8.91. The molecular weight excluding hydrogens is 445 g/mol. The zero-order valence-electron chi connectivity index (χ0n) is 21.3. The van der Waals surface area contributed by atoms with E-state index in [0.29, 0.717) is 18.8 Å². The molecule has 0 aromatic heterocycles. The summed E-state index contributed by atoms with van der Waals surface area (Å²) in [4.78, 5) is 22.6. The normalized spacial score (nSPS) is 46.3. The van der Waals surface area contributed by atoms with Crippen LogP contribution in [0.25, 0.3) is 0 Å². The molecule has 4 rings (SSSR count). The second-order valence-electron chi connectivity index (χ2n) is 12.2. The fourth-order valence-electron chi connectivity index (χ4n) is 8.95. The summed E-state index contributed by atoms with van der Waals surface area (Å²) in [6.07, 6.45) is 5.75. The minimum Gasteiger partial charge on any atom is -0.548 e. The molecule has 4 fully saturated rings. The molecule has 4 saturated carbocycles. The molecule has 4 aliphatic carbocycles. The SMILES string of the molecule is C[C@H](CCC(=O)NCC(=O)[O-])[C@H]1CC[C@H]2C3[C@H](O)C[C@@H]4C[C@H](O)CC[C@]4(C)[C@H]3C[C@H](O)[C@]12C.[Na+].